The van der Waals surface area contributed by atoms with E-state index in [0.717, 1.165) is 29.1 Å². The summed E-state index contributed by atoms with van der Waals surface area (Å²) in [4.78, 5) is 12.7. The fourth-order valence-corrected chi connectivity index (χ4v) is 2.01. The number of aryl methyl sites for hydroxylation is 2. The summed E-state index contributed by atoms with van der Waals surface area (Å²) >= 11 is 3.29. The predicted octanol–water partition coefficient (Wildman–Crippen LogP) is 2.13. The number of aromatic nitrogens is 4. The summed E-state index contributed by atoms with van der Waals surface area (Å²) in [6.07, 6.45) is 7.67. The second-order valence-corrected chi connectivity index (χ2v) is 4.60. The van der Waals surface area contributed by atoms with Gasteiger partial charge in [0.25, 0.3) is 0 Å². The molecular weight excluding hydrogens is 270 g/mol. The molecule has 2 aromatic rings. The summed E-state index contributed by atoms with van der Waals surface area (Å²) in [5.74, 6) is 2.52. The fraction of sp³-hybridized carbons (Fsp3) is 0.300. The van der Waals surface area contributed by atoms with Gasteiger partial charge in [0.15, 0.2) is 5.82 Å². The zero-order valence-corrected chi connectivity index (χ0v) is 10.1. The minimum Gasteiger partial charge on any atom is -0.333 e. The monoisotopic (exact) mass is 279 g/mol. The van der Waals surface area contributed by atoms with Gasteiger partial charge in [0.2, 0.25) is 5.95 Å². The van der Waals surface area contributed by atoms with Crippen molar-refractivity contribution in [3.05, 3.63) is 28.9 Å². The minimum atomic E-state index is 0.569. The molecule has 0 saturated heterocycles. The third kappa shape index (κ3) is 1.80. The predicted molar refractivity (Wildman–Crippen MR) is 63.6 cm³/mol. The number of imidazole rings is 1. The first kappa shape index (κ1) is 9.77. The van der Waals surface area contributed by atoms with E-state index in [1.807, 2.05) is 6.20 Å². The van der Waals surface area contributed by atoms with Crippen LogP contribution in [0.2, 0.25) is 0 Å². The van der Waals surface area contributed by atoms with Gasteiger partial charge in [0.05, 0.1) is 4.47 Å². The lowest BCUT2D eigenvalue weighted by atomic mass is 10.4. The smallest absolute Gasteiger partial charge is 0.228 e. The summed E-state index contributed by atoms with van der Waals surface area (Å²) in [6.45, 7) is 1.06. The first-order chi connectivity index (χ1) is 7.81. The van der Waals surface area contributed by atoms with Gasteiger partial charge in [-0.2, -0.15) is 0 Å². The van der Waals surface area contributed by atoms with Gasteiger partial charge >= 0.3 is 0 Å². The third-order valence-electron chi connectivity index (χ3n) is 2.52. The highest BCUT2D eigenvalue weighted by molar-refractivity contribution is 9.10. The largest absolute Gasteiger partial charge is 0.333 e. The van der Waals surface area contributed by atoms with Crippen molar-refractivity contribution in [2.24, 2.45) is 0 Å². The van der Waals surface area contributed by atoms with Crippen LogP contribution >= 0.6 is 15.9 Å². The van der Waals surface area contributed by atoms with Crippen molar-refractivity contribution in [3.63, 3.8) is 0 Å². The maximum Gasteiger partial charge on any atom is 0.228 e. The van der Waals surface area contributed by atoms with Crippen LogP contribution in [0.1, 0.15) is 12.2 Å². The summed E-state index contributed by atoms with van der Waals surface area (Å²) < 4.78 is 3.03. The van der Waals surface area contributed by atoms with Gasteiger partial charge in [-0.15, -0.1) is 0 Å². The number of halogens is 1. The molecule has 0 unspecified atom stereocenters. The van der Waals surface area contributed by atoms with Crippen molar-refractivity contribution < 1.29 is 0 Å². The second kappa shape index (κ2) is 3.86. The number of rotatable bonds is 2. The average molecular weight is 280 g/mol. The van der Waals surface area contributed by atoms with E-state index in [1.165, 1.54) is 6.42 Å². The lowest BCUT2D eigenvalue weighted by molar-refractivity contribution is 0.750. The third-order valence-corrected chi connectivity index (χ3v) is 2.93. The fourth-order valence-electron chi connectivity index (χ4n) is 1.81. The Labute approximate surface area is 101 Å². The van der Waals surface area contributed by atoms with Gasteiger partial charge in [-0.1, -0.05) is 0 Å². The summed E-state index contributed by atoms with van der Waals surface area (Å²) in [5, 5.41) is 3.09. The van der Waals surface area contributed by atoms with Crippen LogP contribution in [0.25, 0.3) is 0 Å². The molecule has 0 fully saturated rings. The van der Waals surface area contributed by atoms with Gasteiger partial charge in [-0.25, -0.2) is 15.0 Å². The molecule has 0 saturated carbocycles. The van der Waals surface area contributed by atoms with Crippen molar-refractivity contribution in [3.8, 4) is 0 Å². The highest BCUT2D eigenvalue weighted by Crippen LogP contribution is 2.19. The Morgan fingerprint density at radius 1 is 1.31 bits per heavy atom. The van der Waals surface area contributed by atoms with Crippen LogP contribution in [0.15, 0.2) is 23.1 Å². The van der Waals surface area contributed by atoms with Crippen LogP contribution in [0.3, 0.4) is 0 Å². The van der Waals surface area contributed by atoms with Crippen molar-refractivity contribution in [2.45, 2.75) is 19.4 Å². The molecular formula is C10H10BrN5. The number of hydrogen-bond acceptors (Lipinski definition) is 4. The van der Waals surface area contributed by atoms with Crippen LogP contribution < -0.4 is 5.32 Å². The van der Waals surface area contributed by atoms with Gasteiger partial charge < -0.3 is 9.88 Å². The molecule has 2 aromatic heterocycles. The molecule has 0 aromatic carbocycles. The molecule has 0 atom stereocenters. The maximum absolute atomic E-state index is 4.47. The molecule has 3 rings (SSSR count). The van der Waals surface area contributed by atoms with Gasteiger partial charge in [0.1, 0.15) is 5.82 Å². The van der Waals surface area contributed by atoms with Crippen molar-refractivity contribution >= 4 is 27.7 Å². The number of fused-ring (bicyclic) bond motifs is 1. The average Bonchev–Trinajstić information content (AvgIpc) is 2.81. The molecule has 82 valence electrons. The Morgan fingerprint density at radius 3 is 2.88 bits per heavy atom. The lowest BCUT2D eigenvalue weighted by Gasteiger charge is -1.99. The summed E-state index contributed by atoms with van der Waals surface area (Å²) in [5.41, 5.74) is 0. The van der Waals surface area contributed by atoms with E-state index in [1.54, 1.807) is 12.4 Å². The van der Waals surface area contributed by atoms with E-state index in [4.69, 9.17) is 0 Å². The Hall–Kier alpha value is -1.43. The number of nitrogens with zero attached hydrogens (tertiary/aromatic N) is 4. The van der Waals surface area contributed by atoms with Crippen LogP contribution in [0.4, 0.5) is 11.8 Å². The second-order valence-electron chi connectivity index (χ2n) is 3.69. The summed E-state index contributed by atoms with van der Waals surface area (Å²) in [6, 6.07) is 0. The van der Waals surface area contributed by atoms with Gasteiger partial charge in [-0.3, -0.25) is 0 Å². The molecule has 1 N–H and O–H groups in total. The van der Waals surface area contributed by atoms with E-state index in [-0.39, 0.29) is 0 Å². The van der Waals surface area contributed by atoms with E-state index in [9.17, 15) is 0 Å². The molecule has 6 heteroatoms. The SMILES string of the molecule is Brc1cnc(Nc2cn3c(n2)CCC3)nc1. The highest BCUT2D eigenvalue weighted by atomic mass is 79.9. The van der Waals surface area contributed by atoms with Crippen LogP contribution in [0, 0.1) is 0 Å². The number of anilines is 2. The first-order valence-electron chi connectivity index (χ1n) is 5.12. The Bertz CT molecular complexity index is 483. The standard InChI is InChI=1S/C10H10BrN5/c11-7-4-12-10(13-5-7)15-8-6-16-3-1-2-9(16)14-8/h4-6H,1-3H2,(H,12,13,15). The molecule has 0 amide bonds. The van der Waals surface area contributed by atoms with Crippen LogP contribution in [0.5, 0.6) is 0 Å². The van der Waals surface area contributed by atoms with Gasteiger partial charge in [0, 0.05) is 31.6 Å². The van der Waals surface area contributed by atoms with Crippen molar-refractivity contribution in [2.75, 3.05) is 5.32 Å². The summed E-state index contributed by atoms with van der Waals surface area (Å²) in [7, 11) is 0. The van der Waals surface area contributed by atoms with E-state index in [0.29, 0.717) is 5.95 Å². The normalized spacial score (nSPS) is 13.8. The number of nitrogens with one attached hydrogen (secondary N) is 1. The molecule has 3 heterocycles. The van der Waals surface area contributed by atoms with Crippen molar-refractivity contribution in [1.82, 2.24) is 19.5 Å². The molecule has 1 aliphatic rings. The molecule has 0 radical (unpaired) electrons. The van der Waals surface area contributed by atoms with E-state index >= 15 is 0 Å². The lowest BCUT2D eigenvalue weighted by Crippen LogP contribution is -1.96. The van der Waals surface area contributed by atoms with Gasteiger partial charge in [-0.05, 0) is 22.4 Å². The Balaban J connectivity index is 1.81. The quantitative estimate of drug-likeness (QED) is 0.915. The maximum atomic E-state index is 4.47. The molecule has 0 aliphatic carbocycles. The molecule has 0 spiro atoms. The zero-order chi connectivity index (χ0) is 11.0. The molecule has 0 bridgehead atoms. The van der Waals surface area contributed by atoms with E-state index in [2.05, 4.69) is 40.8 Å². The van der Waals surface area contributed by atoms with E-state index < -0.39 is 0 Å². The van der Waals surface area contributed by atoms with Crippen LogP contribution in [-0.2, 0) is 13.0 Å². The topological polar surface area (TPSA) is 55.6 Å². The van der Waals surface area contributed by atoms with Crippen LogP contribution in [-0.4, -0.2) is 19.5 Å². The molecule has 5 nitrogen and oxygen atoms in total. The van der Waals surface area contributed by atoms with Crippen molar-refractivity contribution in [1.29, 1.82) is 0 Å². The zero-order valence-electron chi connectivity index (χ0n) is 8.52. The minimum absolute atomic E-state index is 0.569. The highest BCUT2D eigenvalue weighted by Gasteiger charge is 2.13. The first-order valence-corrected chi connectivity index (χ1v) is 5.91. The Morgan fingerprint density at radius 2 is 2.12 bits per heavy atom. The molecule has 16 heavy (non-hydrogen) atoms. The molecule has 1 aliphatic heterocycles. The Kier molecular flexibility index (Phi) is 2.36. The number of hydrogen-bond donors (Lipinski definition) is 1.